The summed E-state index contributed by atoms with van der Waals surface area (Å²) in [7, 11) is 1.24. The average Bonchev–Trinajstić information content (AvgIpc) is 2.93. The van der Waals surface area contributed by atoms with E-state index >= 15 is 0 Å². The van der Waals surface area contributed by atoms with Crippen LogP contribution in [-0.4, -0.2) is 33.6 Å². The van der Waals surface area contributed by atoms with Gasteiger partial charge in [0, 0.05) is 41.9 Å². The Bertz CT molecular complexity index is 1110. The fourth-order valence-corrected chi connectivity index (χ4v) is 2.94. The summed E-state index contributed by atoms with van der Waals surface area (Å²) in [5.41, 5.74) is -1.88. The number of hydroxylamine groups is 1. The predicted molar refractivity (Wildman–Crippen MR) is 89.7 cm³/mol. The molecule has 0 saturated carbocycles. The molecule has 2 aromatic carbocycles. The lowest BCUT2D eigenvalue weighted by molar-refractivity contribution is -0.393. The molecule has 13 nitrogen and oxygen atoms in total. The van der Waals surface area contributed by atoms with Crippen molar-refractivity contribution in [1.29, 1.82) is 0 Å². The van der Waals surface area contributed by atoms with Gasteiger partial charge in [0.25, 0.3) is 17.1 Å². The number of fused-ring (bicyclic) bond motifs is 3. The first-order valence-electron chi connectivity index (χ1n) is 7.39. The lowest BCUT2D eigenvalue weighted by Gasteiger charge is -2.08. The molecule has 0 saturated heterocycles. The van der Waals surface area contributed by atoms with E-state index < -0.39 is 54.7 Å². The highest BCUT2D eigenvalue weighted by Gasteiger charge is 2.40. The van der Waals surface area contributed by atoms with Crippen LogP contribution in [0.15, 0.2) is 24.3 Å². The first-order chi connectivity index (χ1) is 13.2. The van der Waals surface area contributed by atoms with Crippen LogP contribution in [0.25, 0.3) is 11.1 Å². The van der Waals surface area contributed by atoms with Gasteiger partial charge in [-0.15, -0.1) is 0 Å². The van der Waals surface area contributed by atoms with Crippen LogP contribution >= 0.6 is 0 Å². The van der Waals surface area contributed by atoms with Gasteiger partial charge < -0.3 is 4.84 Å². The molecule has 0 amide bonds. The van der Waals surface area contributed by atoms with Gasteiger partial charge in [-0.3, -0.25) is 35.1 Å². The summed E-state index contributed by atoms with van der Waals surface area (Å²) in [5.74, 6) is -2.05. The van der Waals surface area contributed by atoms with Crippen molar-refractivity contribution in [3.63, 3.8) is 0 Å². The second-order valence-electron chi connectivity index (χ2n) is 5.50. The molecule has 0 atom stereocenters. The molecule has 142 valence electrons. The minimum atomic E-state index is -1.13. The number of carbonyl (C=O) groups excluding carboxylic acids is 2. The zero-order valence-electron chi connectivity index (χ0n) is 13.8. The number of rotatable bonds is 5. The molecule has 0 radical (unpaired) electrons. The SMILES string of the molecule is CNOC(=O)c1cc([N+](=O)[O-])cc2c1-c1c(cc([N+](=O)[O-])cc1[N+](=O)[O-])C2=O. The lowest BCUT2D eigenvalue weighted by Crippen LogP contribution is -2.16. The lowest BCUT2D eigenvalue weighted by atomic mass is 9.97. The number of non-ortho nitro benzene ring substituents is 2. The summed E-state index contributed by atoms with van der Waals surface area (Å²) >= 11 is 0. The van der Waals surface area contributed by atoms with E-state index in [9.17, 15) is 39.9 Å². The summed E-state index contributed by atoms with van der Waals surface area (Å²) < 4.78 is 0. The third-order valence-electron chi connectivity index (χ3n) is 4.00. The molecule has 1 aliphatic rings. The topological polar surface area (TPSA) is 185 Å². The van der Waals surface area contributed by atoms with Crippen LogP contribution in [-0.2, 0) is 4.84 Å². The predicted octanol–water partition coefficient (Wildman–Crippen LogP) is 1.91. The number of hydrogen-bond acceptors (Lipinski definition) is 10. The van der Waals surface area contributed by atoms with Crippen molar-refractivity contribution in [2.45, 2.75) is 0 Å². The fourth-order valence-electron chi connectivity index (χ4n) is 2.94. The smallest absolute Gasteiger partial charge is 0.357 e. The van der Waals surface area contributed by atoms with E-state index in [0.717, 1.165) is 18.2 Å². The van der Waals surface area contributed by atoms with Crippen LogP contribution in [0, 0.1) is 30.3 Å². The van der Waals surface area contributed by atoms with Gasteiger partial charge in [0.2, 0.25) is 0 Å². The second-order valence-corrected chi connectivity index (χ2v) is 5.50. The van der Waals surface area contributed by atoms with Gasteiger partial charge in [-0.05, 0) is 0 Å². The highest BCUT2D eigenvalue weighted by atomic mass is 16.7. The quantitative estimate of drug-likeness (QED) is 0.500. The normalized spacial score (nSPS) is 11.5. The van der Waals surface area contributed by atoms with E-state index in [1.807, 2.05) is 0 Å². The van der Waals surface area contributed by atoms with Crippen molar-refractivity contribution < 1.29 is 29.2 Å². The molecule has 0 unspecified atom stereocenters. The Labute approximate surface area is 153 Å². The summed E-state index contributed by atoms with van der Waals surface area (Å²) in [4.78, 5) is 60.5. The summed E-state index contributed by atoms with van der Waals surface area (Å²) in [6, 6.07) is 3.13. The van der Waals surface area contributed by atoms with Crippen LogP contribution in [0.4, 0.5) is 17.1 Å². The Balaban J connectivity index is 2.44. The molecule has 13 heteroatoms. The molecule has 0 aromatic heterocycles. The molecule has 0 fully saturated rings. The Morgan fingerprint density at radius 1 is 0.893 bits per heavy atom. The number of ketones is 1. The molecular formula is C15H8N4O9. The number of benzene rings is 2. The molecule has 2 aromatic rings. The van der Waals surface area contributed by atoms with Crippen LogP contribution in [0.3, 0.4) is 0 Å². The molecule has 0 spiro atoms. The molecule has 1 N–H and O–H groups in total. The first kappa shape index (κ1) is 18.5. The van der Waals surface area contributed by atoms with Gasteiger partial charge in [0.05, 0.1) is 32.0 Å². The molecule has 0 heterocycles. The molecule has 3 rings (SSSR count). The number of nitro groups is 3. The van der Waals surface area contributed by atoms with E-state index in [1.54, 1.807) is 0 Å². The van der Waals surface area contributed by atoms with Gasteiger partial charge in [0.1, 0.15) is 0 Å². The largest absolute Gasteiger partial charge is 0.367 e. The number of hydrogen-bond donors (Lipinski definition) is 1. The molecule has 0 aliphatic heterocycles. The zero-order valence-corrected chi connectivity index (χ0v) is 13.8. The minimum absolute atomic E-state index is 0.257. The Kier molecular flexibility index (Phi) is 4.29. The van der Waals surface area contributed by atoms with E-state index in [0.29, 0.717) is 6.07 Å². The van der Waals surface area contributed by atoms with Gasteiger partial charge >= 0.3 is 5.97 Å². The van der Waals surface area contributed by atoms with Crippen LogP contribution in [0.2, 0.25) is 0 Å². The molecule has 0 bridgehead atoms. The number of nitrogens with zero attached hydrogens (tertiary/aromatic N) is 3. The van der Waals surface area contributed by atoms with Crippen molar-refractivity contribution in [2.75, 3.05) is 7.05 Å². The standard InChI is InChI=1S/C15H8N4O9/c1-16-28-15(21)10-4-6(17(22)23)2-8-12(10)13-9(14(8)20)3-7(18(24)25)5-11(13)19(26)27/h2-5,16H,1H3. The summed E-state index contributed by atoms with van der Waals surface area (Å²) in [5, 5.41) is 33.7. The number of nitrogens with one attached hydrogen (secondary N) is 1. The van der Waals surface area contributed by atoms with Gasteiger partial charge in [-0.25, -0.2) is 4.79 Å². The molecule has 28 heavy (non-hydrogen) atoms. The maximum absolute atomic E-state index is 12.7. The number of nitro benzene ring substituents is 3. The zero-order chi connectivity index (χ0) is 20.7. The van der Waals surface area contributed by atoms with E-state index in [-0.39, 0.29) is 16.7 Å². The van der Waals surface area contributed by atoms with Crippen LogP contribution in [0.1, 0.15) is 26.3 Å². The Hall–Kier alpha value is -4.26. The highest BCUT2D eigenvalue weighted by molar-refractivity contribution is 6.26. The van der Waals surface area contributed by atoms with Gasteiger partial charge in [-0.2, -0.15) is 5.48 Å². The summed E-state index contributed by atoms with van der Waals surface area (Å²) in [6.45, 7) is 0. The van der Waals surface area contributed by atoms with Gasteiger partial charge in [0.15, 0.2) is 5.78 Å². The van der Waals surface area contributed by atoms with E-state index in [4.69, 9.17) is 0 Å². The van der Waals surface area contributed by atoms with Gasteiger partial charge in [-0.1, -0.05) is 0 Å². The van der Waals surface area contributed by atoms with Crippen molar-refractivity contribution in [3.8, 4) is 11.1 Å². The number of carbonyl (C=O) groups is 2. The van der Waals surface area contributed by atoms with Crippen LogP contribution in [0.5, 0.6) is 0 Å². The minimum Gasteiger partial charge on any atom is -0.367 e. The fraction of sp³-hybridized carbons (Fsp3) is 0.0667. The van der Waals surface area contributed by atoms with E-state index in [1.165, 1.54) is 7.05 Å². The second kappa shape index (κ2) is 6.48. The van der Waals surface area contributed by atoms with Crippen molar-refractivity contribution >= 4 is 28.8 Å². The maximum atomic E-state index is 12.7. The highest BCUT2D eigenvalue weighted by Crippen LogP contribution is 2.47. The Morgan fingerprint density at radius 3 is 1.93 bits per heavy atom. The van der Waals surface area contributed by atoms with Crippen molar-refractivity contribution in [2.24, 2.45) is 0 Å². The monoisotopic (exact) mass is 388 g/mol. The van der Waals surface area contributed by atoms with Crippen molar-refractivity contribution in [3.05, 3.63) is 71.3 Å². The summed E-state index contributed by atoms with van der Waals surface area (Å²) in [6.07, 6.45) is 0. The first-order valence-corrected chi connectivity index (χ1v) is 7.39. The Morgan fingerprint density at radius 2 is 1.43 bits per heavy atom. The molecular weight excluding hydrogens is 380 g/mol. The molecule has 1 aliphatic carbocycles. The third-order valence-corrected chi connectivity index (χ3v) is 4.00. The average molecular weight is 388 g/mol. The van der Waals surface area contributed by atoms with Crippen molar-refractivity contribution in [1.82, 2.24) is 5.48 Å². The third kappa shape index (κ3) is 2.71. The van der Waals surface area contributed by atoms with Crippen LogP contribution < -0.4 is 5.48 Å². The van der Waals surface area contributed by atoms with E-state index in [2.05, 4.69) is 10.3 Å². The maximum Gasteiger partial charge on any atom is 0.357 e.